The molecule has 3 aromatic rings. The molecule has 0 atom stereocenters. The summed E-state index contributed by atoms with van der Waals surface area (Å²) in [6.45, 7) is 2.81. The molecule has 0 aliphatic carbocycles. The Hall–Kier alpha value is -2.23. The molecule has 0 N–H and O–H groups in total. The summed E-state index contributed by atoms with van der Waals surface area (Å²) < 4.78 is 30.7. The number of rotatable bonds is 2. The molecular weight excluding hydrogens is 246 g/mol. The first-order valence-electron chi connectivity index (χ1n) is 6.15. The predicted molar refractivity (Wildman–Crippen MR) is 69.1 cm³/mol. The van der Waals surface area contributed by atoms with Crippen LogP contribution in [0.3, 0.4) is 0 Å². The van der Waals surface area contributed by atoms with Gasteiger partial charge in [0.25, 0.3) is 0 Å². The fraction of sp³-hybridized carbons (Fsp3) is 0.133. The first kappa shape index (κ1) is 11.8. The van der Waals surface area contributed by atoms with Crippen molar-refractivity contribution >= 4 is 11.0 Å². The maximum Gasteiger partial charge on any atom is 0.250 e. The Balaban J connectivity index is 2.30. The zero-order valence-electron chi connectivity index (χ0n) is 10.5. The highest BCUT2D eigenvalue weighted by atomic mass is 19.1. The van der Waals surface area contributed by atoms with Crippen molar-refractivity contribution in [1.29, 1.82) is 0 Å². The number of fused-ring (bicyclic) bond motifs is 1. The summed E-state index contributed by atoms with van der Waals surface area (Å²) in [7, 11) is 0. The number of hydrogen-bond donors (Lipinski definition) is 0. The average molecular weight is 259 g/mol. The van der Waals surface area contributed by atoms with Crippen molar-refractivity contribution in [2.45, 2.75) is 13.5 Å². The molecule has 2 nitrogen and oxygen atoms in total. The number of hydrogen-bond acceptors (Lipinski definition) is 0. The highest BCUT2D eigenvalue weighted by Crippen LogP contribution is 2.20. The van der Waals surface area contributed by atoms with Crippen molar-refractivity contribution < 1.29 is 13.3 Å². The second-order valence-electron chi connectivity index (χ2n) is 4.36. The van der Waals surface area contributed by atoms with E-state index in [4.69, 9.17) is 0 Å². The second-order valence-corrected chi connectivity index (χ2v) is 4.36. The van der Waals surface area contributed by atoms with Gasteiger partial charge in [-0.1, -0.05) is 12.1 Å². The lowest BCUT2D eigenvalue weighted by Crippen LogP contribution is -2.30. The lowest BCUT2D eigenvalue weighted by Gasteiger charge is -1.99. The van der Waals surface area contributed by atoms with Crippen LogP contribution in [0.15, 0.2) is 48.8 Å². The summed E-state index contributed by atoms with van der Waals surface area (Å²) in [6, 6.07) is 11.4. The monoisotopic (exact) mass is 259 g/mol. The van der Waals surface area contributed by atoms with E-state index in [-0.39, 0.29) is 0 Å². The van der Waals surface area contributed by atoms with Crippen LogP contribution in [0.5, 0.6) is 0 Å². The van der Waals surface area contributed by atoms with Crippen molar-refractivity contribution in [3.63, 3.8) is 0 Å². The smallest absolute Gasteiger partial charge is 0.230 e. The molecular formula is C15H13F2N2+. The molecule has 0 fully saturated rings. The Kier molecular flexibility index (Phi) is 2.78. The Labute approximate surface area is 109 Å². The zero-order chi connectivity index (χ0) is 13.4. The first-order valence-corrected chi connectivity index (χ1v) is 6.15. The van der Waals surface area contributed by atoms with E-state index < -0.39 is 11.6 Å². The van der Waals surface area contributed by atoms with Gasteiger partial charge in [0.1, 0.15) is 5.82 Å². The van der Waals surface area contributed by atoms with E-state index in [0.29, 0.717) is 5.69 Å². The third-order valence-electron chi connectivity index (χ3n) is 3.22. The van der Waals surface area contributed by atoms with Crippen LogP contribution in [0.25, 0.3) is 16.7 Å². The van der Waals surface area contributed by atoms with E-state index in [2.05, 4.69) is 0 Å². The highest BCUT2D eigenvalue weighted by molar-refractivity contribution is 5.74. The average Bonchev–Trinajstić information content (AvgIpc) is 2.78. The largest absolute Gasteiger partial charge is 0.250 e. The molecule has 19 heavy (non-hydrogen) atoms. The molecule has 0 aliphatic heterocycles. The molecule has 4 heteroatoms. The van der Waals surface area contributed by atoms with Gasteiger partial charge in [0.05, 0.1) is 6.54 Å². The molecule has 2 aromatic carbocycles. The van der Waals surface area contributed by atoms with Gasteiger partial charge in [-0.25, -0.2) is 13.3 Å². The van der Waals surface area contributed by atoms with E-state index in [1.165, 1.54) is 12.1 Å². The van der Waals surface area contributed by atoms with Crippen LogP contribution in [0, 0.1) is 11.6 Å². The fourth-order valence-corrected chi connectivity index (χ4v) is 2.30. The van der Waals surface area contributed by atoms with Crippen LogP contribution in [-0.2, 0) is 6.54 Å². The van der Waals surface area contributed by atoms with Crippen LogP contribution in [0.4, 0.5) is 8.78 Å². The maximum atomic E-state index is 13.9. The zero-order valence-corrected chi connectivity index (χ0v) is 10.5. The molecule has 3 rings (SSSR count). The van der Waals surface area contributed by atoms with E-state index in [1.54, 1.807) is 4.57 Å². The summed E-state index contributed by atoms with van der Waals surface area (Å²) in [5.74, 6) is -1.13. The van der Waals surface area contributed by atoms with Crippen LogP contribution < -0.4 is 4.57 Å². The van der Waals surface area contributed by atoms with E-state index in [1.807, 2.05) is 42.1 Å². The van der Waals surface area contributed by atoms with Crippen LogP contribution >= 0.6 is 0 Å². The van der Waals surface area contributed by atoms with Crippen molar-refractivity contribution in [2.24, 2.45) is 0 Å². The van der Waals surface area contributed by atoms with Crippen LogP contribution in [0.2, 0.25) is 0 Å². The number of para-hydroxylation sites is 2. The highest BCUT2D eigenvalue weighted by Gasteiger charge is 2.18. The number of halogens is 2. The molecule has 0 saturated heterocycles. The van der Waals surface area contributed by atoms with E-state index >= 15 is 0 Å². The van der Waals surface area contributed by atoms with Crippen LogP contribution in [-0.4, -0.2) is 4.57 Å². The Bertz CT molecular complexity index is 747. The van der Waals surface area contributed by atoms with Crippen molar-refractivity contribution in [1.82, 2.24) is 4.57 Å². The minimum absolute atomic E-state index is 0.352. The summed E-state index contributed by atoms with van der Waals surface area (Å²) in [6.07, 6.45) is 1.83. The van der Waals surface area contributed by atoms with Crippen LogP contribution in [0.1, 0.15) is 6.92 Å². The van der Waals surface area contributed by atoms with E-state index in [0.717, 1.165) is 23.6 Å². The molecule has 0 aliphatic rings. The Morgan fingerprint density at radius 1 is 1.11 bits per heavy atom. The number of benzene rings is 2. The standard InChI is InChI=1S/C15H13F2N2/c1-2-18-10-19(15-6-4-3-5-14(15)18)13-8-7-11(16)9-12(13)17/h3-10H,2H2,1H3/q+1. The fourth-order valence-electron chi connectivity index (χ4n) is 2.30. The van der Waals surface area contributed by atoms with Crippen molar-refractivity contribution in [3.8, 4) is 5.69 Å². The molecule has 0 amide bonds. The third kappa shape index (κ3) is 1.89. The van der Waals surface area contributed by atoms with Crippen molar-refractivity contribution in [3.05, 3.63) is 60.4 Å². The maximum absolute atomic E-state index is 13.9. The number of aromatic nitrogens is 2. The minimum Gasteiger partial charge on any atom is -0.230 e. The normalized spacial score (nSPS) is 11.1. The number of imidazole rings is 1. The Morgan fingerprint density at radius 2 is 1.89 bits per heavy atom. The lowest BCUT2D eigenvalue weighted by atomic mass is 10.2. The Morgan fingerprint density at radius 3 is 2.63 bits per heavy atom. The van der Waals surface area contributed by atoms with Gasteiger partial charge in [-0.05, 0) is 31.2 Å². The third-order valence-corrected chi connectivity index (χ3v) is 3.22. The van der Waals surface area contributed by atoms with Gasteiger partial charge in [0, 0.05) is 6.07 Å². The number of nitrogens with zero attached hydrogens (tertiary/aromatic N) is 2. The molecule has 0 unspecified atom stereocenters. The SMILES string of the molecule is CC[n+]1cn(-c2ccc(F)cc2F)c2ccccc21. The summed E-state index contributed by atoms with van der Waals surface area (Å²) in [4.78, 5) is 0. The topological polar surface area (TPSA) is 8.81 Å². The van der Waals surface area contributed by atoms with Gasteiger partial charge in [0.15, 0.2) is 22.5 Å². The quantitative estimate of drug-likeness (QED) is 0.625. The molecule has 1 heterocycles. The predicted octanol–water partition coefficient (Wildman–Crippen LogP) is 3.22. The van der Waals surface area contributed by atoms with Gasteiger partial charge in [-0.3, -0.25) is 0 Å². The van der Waals surface area contributed by atoms with Gasteiger partial charge in [-0.15, -0.1) is 0 Å². The first-order chi connectivity index (χ1) is 9.20. The molecule has 0 bridgehead atoms. The molecule has 96 valence electrons. The van der Waals surface area contributed by atoms with Gasteiger partial charge >= 0.3 is 0 Å². The second kappa shape index (κ2) is 4.46. The van der Waals surface area contributed by atoms with Gasteiger partial charge < -0.3 is 0 Å². The number of aryl methyl sites for hydroxylation is 1. The molecule has 0 radical (unpaired) electrons. The lowest BCUT2D eigenvalue weighted by molar-refractivity contribution is -0.668. The van der Waals surface area contributed by atoms with Crippen molar-refractivity contribution in [2.75, 3.05) is 0 Å². The molecule has 1 aromatic heterocycles. The minimum atomic E-state index is -0.568. The molecule has 0 spiro atoms. The van der Waals surface area contributed by atoms with Gasteiger partial charge in [0.2, 0.25) is 6.33 Å². The summed E-state index contributed by atoms with van der Waals surface area (Å²) in [5, 5.41) is 0. The summed E-state index contributed by atoms with van der Waals surface area (Å²) in [5.41, 5.74) is 2.27. The van der Waals surface area contributed by atoms with Gasteiger partial charge in [-0.2, -0.15) is 4.57 Å². The van der Waals surface area contributed by atoms with E-state index in [9.17, 15) is 8.78 Å². The summed E-state index contributed by atoms with van der Waals surface area (Å²) >= 11 is 0. The molecule has 0 saturated carbocycles.